The van der Waals surface area contributed by atoms with Crippen molar-refractivity contribution in [1.29, 1.82) is 0 Å². The lowest BCUT2D eigenvalue weighted by Gasteiger charge is -2.43. The van der Waals surface area contributed by atoms with Crippen LogP contribution in [-0.2, 0) is 22.4 Å². The summed E-state index contributed by atoms with van der Waals surface area (Å²) in [6.07, 6.45) is 3.71. The highest BCUT2D eigenvalue weighted by Gasteiger charge is 2.50. The van der Waals surface area contributed by atoms with Gasteiger partial charge in [0.2, 0.25) is 0 Å². The minimum absolute atomic E-state index is 0.00769. The molecule has 4 atom stereocenters. The van der Waals surface area contributed by atoms with Gasteiger partial charge in [-0.1, -0.05) is 18.2 Å². The molecule has 2 bridgehead atoms. The zero-order chi connectivity index (χ0) is 36.6. The molecule has 0 aliphatic carbocycles. The van der Waals surface area contributed by atoms with Crippen molar-refractivity contribution in [3.05, 3.63) is 53.2 Å². The number of amides is 1. The Morgan fingerprint density at radius 1 is 1.02 bits per heavy atom. The van der Waals surface area contributed by atoms with Crippen LogP contribution in [0.3, 0.4) is 0 Å². The van der Waals surface area contributed by atoms with E-state index in [2.05, 4.69) is 14.7 Å². The maximum Gasteiger partial charge on any atom is 0.410 e. The molecule has 0 spiro atoms. The number of hydrogen-bond acceptors (Lipinski definition) is 11. The van der Waals surface area contributed by atoms with E-state index in [0.717, 1.165) is 71.3 Å². The summed E-state index contributed by atoms with van der Waals surface area (Å²) >= 11 is 0. The molecule has 7 heterocycles. The second kappa shape index (κ2) is 12.7. The number of fused-ring (bicyclic) bond motifs is 7. The number of rotatable bonds is 6. The van der Waals surface area contributed by atoms with Gasteiger partial charge in [-0.2, -0.15) is 9.97 Å². The van der Waals surface area contributed by atoms with Gasteiger partial charge in [-0.05, 0) is 77.6 Å². The summed E-state index contributed by atoms with van der Waals surface area (Å²) in [5, 5.41) is 1.90. The minimum Gasteiger partial charge on any atom is -0.465 e. The van der Waals surface area contributed by atoms with Gasteiger partial charge in [-0.15, -0.1) is 0 Å². The molecule has 2 aromatic carbocycles. The van der Waals surface area contributed by atoms with E-state index >= 15 is 0 Å². The molecule has 0 radical (unpaired) electrons. The third-order valence-electron chi connectivity index (χ3n) is 11.9. The van der Waals surface area contributed by atoms with Crippen molar-refractivity contribution in [2.24, 2.45) is 0 Å². The predicted octanol–water partition coefficient (Wildman–Crippen LogP) is 6.27. The van der Waals surface area contributed by atoms with Gasteiger partial charge < -0.3 is 28.4 Å². The van der Waals surface area contributed by atoms with Crippen LogP contribution in [0.25, 0.3) is 21.9 Å². The fourth-order valence-electron chi connectivity index (χ4n) is 9.57. The molecule has 53 heavy (non-hydrogen) atoms. The maximum atomic E-state index is 14.7. The van der Waals surface area contributed by atoms with Gasteiger partial charge in [0.1, 0.15) is 35.4 Å². The molecule has 9 rings (SSSR count). The Morgan fingerprint density at radius 2 is 1.81 bits per heavy atom. The lowest BCUT2D eigenvalue weighted by Crippen LogP contribution is -2.57. The number of ether oxygens (including phenoxy) is 3. The maximum absolute atomic E-state index is 14.7. The van der Waals surface area contributed by atoms with Crippen molar-refractivity contribution >= 4 is 45.5 Å². The van der Waals surface area contributed by atoms with Crippen LogP contribution in [-0.4, -0.2) is 108 Å². The third kappa shape index (κ3) is 6.00. The Bertz CT molecular complexity index is 2090. The van der Waals surface area contributed by atoms with Crippen LogP contribution in [0, 0.1) is 0 Å². The summed E-state index contributed by atoms with van der Waals surface area (Å²) in [5.41, 5.74) is 3.62. The van der Waals surface area contributed by atoms with E-state index in [-0.39, 0.29) is 29.7 Å². The molecule has 4 fully saturated rings. The number of para-hydroxylation sites is 1. The van der Waals surface area contributed by atoms with Gasteiger partial charge in [-0.3, -0.25) is 9.80 Å². The fraction of sp³-hybridized carbons (Fsp3) is 0.550. The number of aromatic nitrogens is 2. The molecule has 5 aliphatic rings. The van der Waals surface area contributed by atoms with E-state index < -0.39 is 17.7 Å². The zero-order valence-electron chi connectivity index (χ0n) is 30.9. The molecule has 0 saturated carbocycles. The Balaban J connectivity index is 1.08. The number of nitrogens with zero attached hydrogens (tertiary/aromatic N) is 6. The van der Waals surface area contributed by atoms with Crippen LogP contribution < -0.4 is 14.5 Å². The summed E-state index contributed by atoms with van der Waals surface area (Å²) in [7, 11) is 1.38. The number of carbonyl (C=O) groups is 2. The van der Waals surface area contributed by atoms with Crippen molar-refractivity contribution < 1.29 is 32.6 Å². The second-order valence-corrected chi connectivity index (χ2v) is 16.4. The number of halogens is 1. The minimum atomic E-state index is -0.860. The quantitative estimate of drug-likeness (QED) is 0.210. The van der Waals surface area contributed by atoms with Crippen molar-refractivity contribution in [3.8, 4) is 6.01 Å². The highest BCUT2D eigenvalue weighted by molar-refractivity contribution is 6.13. The number of esters is 1. The van der Waals surface area contributed by atoms with E-state index in [1.54, 1.807) is 6.07 Å². The van der Waals surface area contributed by atoms with E-state index in [1.165, 1.54) is 7.11 Å². The molecule has 4 aromatic rings. The number of furan rings is 1. The molecule has 1 amide bonds. The number of methoxy groups -OCH3 is 1. The first kappa shape index (κ1) is 34.1. The van der Waals surface area contributed by atoms with Crippen LogP contribution in [0.5, 0.6) is 6.01 Å². The molecule has 5 aliphatic heterocycles. The van der Waals surface area contributed by atoms with Crippen LogP contribution in [0.2, 0.25) is 0 Å². The first-order valence-corrected chi connectivity index (χ1v) is 19.0. The molecule has 4 saturated heterocycles. The van der Waals surface area contributed by atoms with E-state index in [9.17, 15) is 14.0 Å². The van der Waals surface area contributed by atoms with Crippen LogP contribution in [0.15, 0.2) is 40.8 Å². The molecule has 280 valence electrons. The number of benzene rings is 2. The Hall–Kier alpha value is -4.65. The van der Waals surface area contributed by atoms with Crippen LogP contribution in [0.4, 0.5) is 20.7 Å². The third-order valence-corrected chi connectivity index (χ3v) is 11.9. The number of carbonyl (C=O) groups excluding carboxylic acids is 2. The molecule has 12 nitrogen and oxygen atoms in total. The molecule has 0 unspecified atom stereocenters. The largest absolute Gasteiger partial charge is 0.465 e. The van der Waals surface area contributed by atoms with Gasteiger partial charge in [-0.25, -0.2) is 14.0 Å². The van der Waals surface area contributed by atoms with Crippen LogP contribution in [0.1, 0.15) is 74.5 Å². The fourth-order valence-corrected chi connectivity index (χ4v) is 9.57. The van der Waals surface area contributed by atoms with Gasteiger partial charge in [0.05, 0.1) is 47.9 Å². The summed E-state index contributed by atoms with van der Waals surface area (Å²) in [5.74, 6) is 0.400. The Labute approximate surface area is 308 Å². The SMILES string of the molecule is COC(=O)c1cc(N2CCc3c(nc(OC[C@@]45CCCN4C[C@H](F)C5)nc3N3C[C@H]4CC[C@@H](C3)N4C(=O)OC(C)(C)C)C2)c2c(c1)oc1ccccc12. The lowest BCUT2D eigenvalue weighted by atomic mass is 9.95. The van der Waals surface area contributed by atoms with Gasteiger partial charge in [0, 0.05) is 49.2 Å². The molecular weight excluding hydrogens is 679 g/mol. The second-order valence-electron chi connectivity index (χ2n) is 16.4. The summed E-state index contributed by atoms with van der Waals surface area (Å²) < 4.78 is 38.4. The number of hydrogen-bond donors (Lipinski definition) is 0. The summed E-state index contributed by atoms with van der Waals surface area (Å²) in [4.78, 5) is 45.1. The molecular formula is C40H47FN6O6. The number of alkyl halides is 1. The zero-order valence-corrected chi connectivity index (χ0v) is 30.9. The Morgan fingerprint density at radius 3 is 2.58 bits per heavy atom. The number of anilines is 2. The van der Waals surface area contributed by atoms with E-state index in [4.69, 9.17) is 28.6 Å². The monoisotopic (exact) mass is 726 g/mol. The highest BCUT2D eigenvalue weighted by atomic mass is 19.1. The first-order valence-electron chi connectivity index (χ1n) is 19.0. The van der Waals surface area contributed by atoms with Crippen LogP contribution >= 0.6 is 0 Å². The molecule has 0 N–H and O–H groups in total. The average molecular weight is 727 g/mol. The topological polar surface area (TPSA) is 114 Å². The summed E-state index contributed by atoms with van der Waals surface area (Å²) in [6, 6.07) is 11.8. The first-order chi connectivity index (χ1) is 25.5. The predicted molar refractivity (Wildman–Crippen MR) is 197 cm³/mol. The lowest BCUT2D eigenvalue weighted by molar-refractivity contribution is 0.0122. The smallest absolute Gasteiger partial charge is 0.410 e. The normalized spacial score (nSPS) is 25.6. The van der Waals surface area contributed by atoms with Crippen molar-refractivity contribution in [3.63, 3.8) is 0 Å². The molecule has 2 aromatic heterocycles. The van der Waals surface area contributed by atoms with Gasteiger partial charge >= 0.3 is 18.1 Å². The molecule has 13 heteroatoms. The van der Waals surface area contributed by atoms with Crippen molar-refractivity contribution in [2.45, 2.75) is 95.2 Å². The van der Waals surface area contributed by atoms with E-state index in [1.807, 2.05) is 56.0 Å². The van der Waals surface area contributed by atoms with Crippen molar-refractivity contribution in [1.82, 2.24) is 19.8 Å². The van der Waals surface area contributed by atoms with Gasteiger partial charge in [0.15, 0.2) is 0 Å². The average Bonchev–Trinajstić information content (AvgIpc) is 3.86. The standard InChI is InChI=1S/C40H47FN6O6/c1-39(2,3)53-38(49)47-26-10-11-27(47)21-45(20-26)35-28-12-15-44(22-30(28)42-37(43-35)51-23-40-13-7-14-46(40)19-25(41)18-40)31-16-24(36(48)50-4)17-33-34(31)29-8-5-6-9-32(29)52-33/h5-6,8-9,16-17,25-27H,7,10-15,18-23H2,1-4H3/t25-,26-,27+,40+/m1/s1. The van der Waals surface area contributed by atoms with Gasteiger partial charge in [0.25, 0.3) is 0 Å². The Kier molecular flexibility index (Phi) is 8.21. The van der Waals surface area contributed by atoms with E-state index in [0.29, 0.717) is 63.3 Å². The number of piperazine rings is 1. The summed E-state index contributed by atoms with van der Waals surface area (Å²) in [6.45, 7) is 9.72. The highest BCUT2D eigenvalue weighted by Crippen LogP contribution is 2.43. The van der Waals surface area contributed by atoms with Crippen molar-refractivity contribution in [2.75, 3.05) is 56.2 Å².